The molecule has 0 aliphatic carbocycles. The second kappa shape index (κ2) is 6.43. The van der Waals surface area contributed by atoms with Gasteiger partial charge in [0.2, 0.25) is 0 Å². The number of aliphatic hydroxyl groups excluding tert-OH is 1. The van der Waals surface area contributed by atoms with E-state index in [0.717, 1.165) is 5.82 Å². The third-order valence-electron chi connectivity index (χ3n) is 2.99. The molecule has 1 atom stereocenters. The van der Waals surface area contributed by atoms with E-state index >= 15 is 0 Å². The molecule has 20 heavy (non-hydrogen) atoms. The summed E-state index contributed by atoms with van der Waals surface area (Å²) in [6.07, 6.45) is 3.05. The van der Waals surface area contributed by atoms with Gasteiger partial charge in [-0.3, -0.25) is 0 Å². The van der Waals surface area contributed by atoms with Crippen LogP contribution in [-0.2, 0) is 6.54 Å². The summed E-state index contributed by atoms with van der Waals surface area (Å²) in [7, 11) is 0. The van der Waals surface area contributed by atoms with Crippen molar-refractivity contribution in [2.24, 2.45) is 0 Å². The van der Waals surface area contributed by atoms with Gasteiger partial charge in [0.1, 0.15) is 24.3 Å². The van der Waals surface area contributed by atoms with Crippen molar-refractivity contribution in [3.05, 3.63) is 42.5 Å². The highest BCUT2D eigenvalue weighted by Gasteiger charge is 2.12. The number of imidazole rings is 1. The molecule has 3 N–H and O–H groups in total. The Morgan fingerprint density at radius 3 is 2.65 bits per heavy atom. The first-order valence-electron chi connectivity index (χ1n) is 6.73. The number of nitrogens with zero attached hydrogens (tertiary/aromatic N) is 2. The van der Waals surface area contributed by atoms with Crippen molar-refractivity contribution in [1.82, 2.24) is 9.55 Å². The van der Waals surface area contributed by atoms with Crippen molar-refractivity contribution in [2.75, 3.05) is 12.3 Å². The third kappa shape index (κ3) is 3.74. The molecule has 0 aliphatic rings. The van der Waals surface area contributed by atoms with Crippen LogP contribution < -0.4 is 10.5 Å². The van der Waals surface area contributed by atoms with Crippen LogP contribution >= 0.6 is 0 Å². The minimum atomic E-state index is -0.584. The number of nitrogen functional groups attached to an aromatic ring is 1. The maximum absolute atomic E-state index is 10.0. The van der Waals surface area contributed by atoms with Gasteiger partial charge in [0.25, 0.3) is 0 Å². The van der Waals surface area contributed by atoms with Crippen LogP contribution in [0.4, 0.5) is 5.69 Å². The smallest absolute Gasteiger partial charge is 0.119 e. The van der Waals surface area contributed by atoms with Gasteiger partial charge in [0.15, 0.2) is 0 Å². The molecule has 2 aromatic rings. The molecule has 1 aromatic heterocycles. The minimum Gasteiger partial charge on any atom is -0.491 e. The summed E-state index contributed by atoms with van der Waals surface area (Å²) in [4.78, 5) is 4.29. The zero-order chi connectivity index (χ0) is 14.5. The lowest BCUT2D eigenvalue weighted by molar-refractivity contribution is 0.0915. The molecular weight excluding hydrogens is 254 g/mol. The molecule has 2 rings (SSSR count). The van der Waals surface area contributed by atoms with Gasteiger partial charge in [-0.1, -0.05) is 13.8 Å². The zero-order valence-electron chi connectivity index (χ0n) is 11.9. The van der Waals surface area contributed by atoms with Crippen LogP contribution in [0.15, 0.2) is 36.7 Å². The highest BCUT2D eigenvalue weighted by Crippen LogP contribution is 2.15. The molecule has 0 radical (unpaired) electrons. The molecule has 0 bridgehead atoms. The van der Waals surface area contributed by atoms with Crippen LogP contribution in [0.2, 0.25) is 0 Å². The van der Waals surface area contributed by atoms with Gasteiger partial charge in [0.05, 0.1) is 6.54 Å². The minimum absolute atomic E-state index is 0.236. The van der Waals surface area contributed by atoms with E-state index in [1.54, 1.807) is 30.5 Å². The van der Waals surface area contributed by atoms with Gasteiger partial charge >= 0.3 is 0 Å². The Morgan fingerprint density at radius 1 is 1.30 bits per heavy atom. The first-order chi connectivity index (χ1) is 9.56. The van der Waals surface area contributed by atoms with Gasteiger partial charge in [-0.25, -0.2) is 4.98 Å². The molecule has 0 spiro atoms. The number of hydrogen-bond acceptors (Lipinski definition) is 4. The molecule has 1 unspecified atom stereocenters. The topological polar surface area (TPSA) is 73.3 Å². The molecule has 0 saturated heterocycles. The fraction of sp³-hybridized carbons (Fsp3) is 0.400. The number of aliphatic hydroxyl groups is 1. The van der Waals surface area contributed by atoms with Crippen molar-refractivity contribution in [3.63, 3.8) is 0 Å². The Labute approximate surface area is 119 Å². The second-order valence-corrected chi connectivity index (χ2v) is 5.13. The van der Waals surface area contributed by atoms with Gasteiger partial charge in [-0.15, -0.1) is 0 Å². The first kappa shape index (κ1) is 14.4. The summed E-state index contributed by atoms with van der Waals surface area (Å²) >= 11 is 0. The largest absolute Gasteiger partial charge is 0.491 e. The van der Waals surface area contributed by atoms with E-state index < -0.39 is 6.10 Å². The average Bonchev–Trinajstić information content (AvgIpc) is 2.86. The van der Waals surface area contributed by atoms with Crippen molar-refractivity contribution in [2.45, 2.75) is 32.4 Å². The molecule has 0 fully saturated rings. The molecule has 0 saturated carbocycles. The van der Waals surface area contributed by atoms with Gasteiger partial charge in [0, 0.05) is 24.0 Å². The summed E-state index contributed by atoms with van der Waals surface area (Å²) in [6.45, 7) is 4.87. The SMILES string of the molecule is CC(C)c1nccn1CC(O)COc1ccc(N)cc1. The van der Waals surface area contributed by atoms with Crippen LogP contribution in [0.25, 0.3) is 0 Å². The lowest BCUT2D eigenvalue weighted by Crippen LogP contribution is -2.24. The van der Waals surface area contributed by atoms with Crippen LogP contribution in [0.3, 0.4) is 0 Å². The van der Waals surface area contributed by atoms with E-state index in [0.29, 0.717) is 23.9 Å². The van der Waals surface area contributed by atoms with Gasteiger partial charge in [-0.2, -0.15) is 0 Å². The summed E-state index contributed by atoms with van der Waals surface area (Å²) in [5, 5.41) is 10.0. The maximum Gasteiger partial charge on any atom is 0.119 e. The van der Waals surface area contributed by atoms with E-state index in [-0.39, 0.29) is 6.61 Å². The number of benzene rings is 1. The van der Waals surface area contributed by atoms with Crippen molar-refractivity contribution in [3.8, 4) is 5.75 Å². The van der Waals surface area contributed by atoms with Gasteiger partial charge in [-0.05, 0) is 24.3 Å². The highest BCUT2D eigenvalue weighted by molar-refractivity contribution is 5.41. The molecule has 0 aliphatic heterocycles. The Morgan fingerprint density at radius 2 is 2.00 bits per heavy atom. The van der Waals surface area contributed by atoms with Crippen LogP contribution in [0.5, 0.6) is 5.75 Å². The summed E-state index contributed by atoms with van der Waals surface area (Å²) < 4.78 is 7.49. The Hall–Kier alpha value is -2.01. The standard InChI is InChI=1S/C15H21N3O2/c1-11(2)15-17-7-8-18(15)9-13(19)10-20-14-5-3-12(16)4-6-14/h3-8,11,13,19H,9-10,16H2,1-2H3. The van der Waals surface area contributed by atoms with E-state index in [4.69, 9.17) is 10.5 Å². The summed E-state index contributed by atoms with van der Waals surface area (Å²) in [5.41, 5.74) is 6.30. The third-order valence-corrected chi connectivity index (χ3v) is 2.99. The molecule has 108 valence electrons. The predicted molar refractivity (Wildman–Crippen MR) is 78.7 cm³/mol. The molecule has 5 heteroatoms. The fourth-order valence-corrected chi connectivity index (χ4v) is 2.01. The zero-order valence-corrected chi connectivity index (χ0v) is 11.9. The van der Waals surface area contributed by atoms with Crippen LogP contribution in [0.1, 0.15) is 25.6 Å². The molecule has 5 nitrogen and oxygen atoms in total. The number of aromatic nitrogens is 2. The Kier molecular flexibility index (Phi) is 4.63. The molecule has 0 amide bonds. The van der Waals surface area contributed by atoms with Gasteiger partial charge < -0.3 is 20.1 Å². The Bertz CT molecular complexity index is 534. The first-order valence-corrected chi connectivity index (χ1v) is 6.73. The maximum atomic E-state index is 10.0. The quantitative estimate of drug-likeness (QED) is 0.791. The molecule has 1 heterocycles. The summed E-state index contributed by atoms with van der Waals surface area (Å²) in [5.74, 6) is 2.00. The molecular formula is C15H21N3O2. The Balaban J connectivity index is 1.87. The number of anilines is 1. The fourth-order valence-electron chi connectivity index (χ4n) is 2.01. The van der Waals surface area contributed by atoms with E-state index in [2.05, 4.69) is 18.8 Å². The summed E-state index contributed by atoms with van der Waals surface area (Å²) in [6, 6.07) is 7.13. The van der Waals surface area contributed by atoms with Crippen LogP contribution in [-0.4, -0.2) is 27.4 Å². The van der Waals surface area contributed by atoms with Crippen molar-refractivity contribution in [1.29, 1.82) is 0 Å². The lowest BCUT2D eigenvalue weighted by Gasteiger charge is -2.16. The van der Waals surface area contributed by atoms with E-state index in [1.165, 1.54) is 0 Å². The second-order valence-electron chi connectivity index (χ2n) is 5.13. The van der Waals surface area contributed by atoms with E-state index in [1.807, 2.05) is 10.8 Å². The highest BCUT2D eigenvalue weighted by atomic mass is 16.5. The van der Waals surface area contributed by atoms with E-state index in [9.17, 15) is 5.11 Å². The van der Waals surface area contributed by atoms with Crippen molar-refractivity contribution >= 4 is 5.69 Å². The predicted octanol–water partition coefficient (Wildman–Crippen LogP) is 2.03. The number of nitrogens with two attached hydrogens (primary N) is 1. The normalized spacial score (nSPS) is 12.6. The number of ether oxygens (including phenoxy) is 1. The number of rotatable bonds is 6. The van der Waals surface area contributed by atoms with Crippen molar-refractivity contribution < 1.29 is 9.84 Å². The molecule has 1 aromatic carbocycles. The average molecular weight is 275 g/mol. The monoisotopic (exact) mass is 275 g/mol. The number of hydrogen-bond donors (Lipinski definition) is 2. The lowest BCUT2D eigenvalue weighted by atomic mass is 10.2. The van der Waals surface area contributed by atoms with Crippen LogP contribution in [0, 0.1) is 0 Å².